The lowest BCUT2D eigenvalue weighted by Gasteiger charge is -2.39. The molecule has 0 aliphatic heterocycles. The first-order valence-electron chi connectivity index (χ1n) is 8.99. The van der Waals surface area contributed by atoms with E-state index in [0.717, 1.165) is 18.2 Å². The molecule has 0 fully saturated rings. The average molecular weight is 458 g/mol. The molecular formula is C19H25F5NO6+. The SMILES string of the molecule is C=CC(=O)OCC[N+](CCOC(=O)C=C)(CCOC(=O)C=C)CCC(F)(F)C(F)(F)F. The maximum absolute atomic E-state index is 13.5. The van der Waals surface area contributed by atoms with Crippen molar-refractivity contribution in [1.82, 2.24) is 0 Å². The van der Waals surface area contributed by atoms with Gasteiger partial charge in [0.2, 0.25) is 0 Å². The van der Waals surface area contributed by atoms with E-state index in [9.17, 15) is 36.3 Å². The molecule has 0 bridgehead atoms. The summed E-state index contributed by atoms with van der Waals surface area (Å²) in [7, 11) is 0. The summed E-state index contributed by atoms with van der Waals surface area (Å²) in [5.74, 6) is -7.45. The van der Waals surface area contributed by atoms with E-state index in [4.69, 9.17) is 14.2 Å². The van der Waals surface area contributed by atoms with E-state index < -0.39 is 47.5 Å². The lowest BCUT2D eigenvalue weighted by Crippen LogP contribution is -2.56. The monoisotopic (exact) mass is 458 g/mol. The first-order valence-corrected chi connectivity index (χ1v) is 8.99. The van der Waals surface area contributed by atoms with Crippen LogP contribution in [0.5, 0.6) is 0 Å². The molecule has 12 heteroatoms. The molecule has 7 nitrogen and oxygen atoms in total. The van der Waals surface area contributed by atoms with Gasteiger partial charge in [-0.1, -0.05) is 19.7 Å². The molecule has 0 aromatic carbocycles. The molecule has 0 spiro atoms. The third-order valence-electron chi connectivity index (χ3n) is 4.24. The summed E-state index contributed by atoms with van der Waals surface area (Å²) < 4.78 is 78.9. The molecule has 0 saturated carbocycles. The predicted molar refractivity (Wildman–Crippen MR) is 98.8 cm³/mol. The molecule has 0 unspecified atom stereocenters. The Kier molecular flexibility index (Phi) is 11.7. The first kappa shape index (κ1) is 28.2. The Hall–Kier alpha value is -2.76. The predicted octanol–water partition coefficient (Wildman–Crippen LogP) is 2.58. The van der Waals surface area contributed by atoms with E-state index in [1.54, 1.807) is 0 Å². The van der Waals surface area contributed by atoms with Gasteiger partial charge >= 0.3 is 30.0 Å². The third kappa shape index (κ3) is 10.7. The fraction of sp³-hybridized carbons (Fsp3) is 0.526. The van der Waals surface area contributed by atoms with E-state index in [-0.39, 0.29) is 39.5 Å². The fourth-order valence-electron chi connectivity index (χ4n) is 2.39. The zero-order valence-corrected chi connectivity index (χ0v) is 16.8. The van der Waals surface area contributed by atoms with Gasteiger partial charge in [-0.15, -0.1) is 0 Å². The number of rotatable bonds is 15. The maximum atomic E-state index is 13.5. The average Bonchev–Trinajstić information content (AvgIpc) is 2.70. The highest BCUT2D eigenvalue weighted by atomic mass is 19.4. The number of ether oxygens (including phenoxy) is 3. The van der Waals surface area contributed by atoms with Crippen molar-refractivity contribution >= 4 is 17.9 Å². The Balaban J connectivity index is 5.57. The van der Waals surface area contributed by atoms with Crippen LogP contribution in [0.15, 0.2) is 38.0 Å². The highest BCUT2D eigenvalue weighted by Crippen LogP contribution is 2.38. The molecule has 0 rings (SSSR count). The topological polar surface area (TPSA) is 78.9 Å². The number of nitrogens with zero attached hydrogens (tertiary/aromatic N) is 1. The van der Waals surface area contributed by atoms with Crippen molar-refractivity contribution in [2.24, 2.45) is 0 Å². The Labute approximate surface area is 176 Å². The molecule has 0 saturated heterocycles. The minimum Gasteiger partial charge on any atom is -0.457 e. The summed E-state index contributed by atoms with van der Waals surface area (Å²) in [5.41, 5.74) is 0. The minimum absolute atomic E-state index is 0.217. The van der Waals surface area contributed by atoms with Gasteiger partial charge in [0.05, 0.1) is 13.0 Å². The van der Waals surface area contributed by atoms with Gasteiger partial charge in [0, 0.05) is 18.2 Å². The maximum Gasteiger partial charge on any atom is 0.453 e. The van der Waals surface area contributed by atoms with Gasteiger partial charge in [0.15, 0.2) is 0 Å². The summed E-state index contributed by atoms with van der Waals surface area (Å²) in [6.45, 7) is 7.12. The standard InChI is InChI=1S/C19H25F5NO6/c1-4-15(26)29-12-9-25(10-13-30-16(27)5-2,11-14-31-17(28)6-3)8-7-18(20,21)19(22,23)24/h4-6H,1-3,7-14H2/q+1. The fourth-order valence-corrected chi connectivity index (χ4v) is 2.39. The van der Waals surface area contributed by atoms with Crippen LogP contribution in [-0.2, 0) is 28.6 Å². The van der Waals surface area contributed by atoms with Crippen LogP contribution in [0.25, 0.3) is 0 Å². The van der Waals surface area contributed by atoms with Crippen LogP contribution in [-0.4, -0.2) is 80.5 Å². The zero-order chi connectivity index (χ0) is 24.1. The number of quaternary nitrogens is 1. The molecule has 0 aliphatic rings. The van der Waals surface area contributed by atoms with Crippen LogP contribution in [0.3, 0.4) is 0 Å². The van der Waals surface area contributed by atoms with Crippen molar-refractivity contribution in [1.29, 1.82) is 0 Å². The summed E-state index contributed by atoms with van der Waals surface area (Å²) in [6.07, 6.45) is -4.79. The second-order valence-electron chi connectivity index (χ2n) is 6.30. The Morgan fingerprint density at radius 2 is 1.00 bits per heavy atom. The second-order valence-corrected chi connectivity index (χ2v) is 6.30. The Morgan fingerprint density at radius 3 is 1.26 bits per heavy atom. The van der Waals surface area contributed by atoms with Crippen LogP contribution in [0.2, 0.25) is 0 Å². The largest absolute Gasteiger partial charge is 0.457 e. The number of carbonyl (C=O) groups excluding carboxylic acids is 3. The van der Waals surface area contributed by atoms with Gasteiger partial charge in [-0.2, -0.15) is 22.0 Å². The molecule has 0 atom stereocenters. The molecule has 0 radical (unpaired) electrons. The van der Waals surface area contributed by atoms with Crippen LogP contribution in [0, 0.1) is 0 Å². The van der Waals surface area contributed by atoms with Crippen LogP contribution in [0.1, 0.15) is 6.42 Å². The van der Waals surface area contributed by atoms with Gasteiger partial charge in [-0.05, 0) is 0 Å². The summed E-state index contributed by atoms with van der Waals surface area (Å²) >= 11 is 0. The smallest absolute Gasteiger partial charge is 0.453 e. The molecule has 0 heterocycles. The van der Waals surface area contributed by atoms with Crippen molar-refractivity contribution in [3.8, 4) is 0 Å². The number of esters is 3. The van der Waals surface area contributed by atoms with Crippen molar-refractivity contribution < 1.29 is 55.0 Å². The Morgan fingerprint density at radius 1 is 0.677 bits per heavy atom. The number of halogens is 5. The zero-order valence-electron chi connectivity index (χ0n) is 16.8. The van der Waals surface area contributed by atoms with Gasteiger partial charge in [0.25, 0.3) is 0 Å². The lowest BCUT2D eigenvalue weighted by atomic mass is 10.1. The van der Waals surface area contributed by atoms with E-state index in [1.165, 1.54) is 0 Å². The van der Waals surface area contributed by atoms with Crippen LogP contribution in [0.4, 0.5) is 22.0 Å². The summed E-state index contributed by atoms with van der Waals surface area (Å²) in [4.78, 5) is 33.8. The van der Waals surface area contributed by atoms with Crippen molar-refractivity contribution in [2.75, 3.05) is 46.0 Å². The Bertz CT molecular complexity index is 598. The van der Waals surface area contributed by atoms with Crippen molar-refractivity contribution in [3.05, 3.63) is 38.0 Å². The molecular weight excluding hydrogens is 433 g/mol. The quantitative estimate of drug-likeness (QED) is 0.123. The lowest BCUT2D eigenvalue weighted by molar-refractivity contribution is -0.929. The molecule has 0 aliphatic carbocycles. The normalized spacial score (nSPS) is 11.9. The molecule has 0 aromatic heterocycles. The highest BCUT2D eigenvalue weighted by molar-refractivity contribution is 5.81. The van der Waals surface area contributed by atoms with Crippen molar-refractivity contribution in [2.45, 2.75) is 18.5 Å². The van der Waals surface area contributed by atoms with Crippen LogP contribution >= 0.6 is 0 Å². The molecule has 31 heavy (non-hydrogen) atoms. The van der Waals surface area contributed by atoms with Gasteiger partial charge in [0.1, 0.15) is 39.5 Å². The van der Waals surface area contributed by atoms with Gasteiger partial charge in [-0.25, -0.2) is 14.4 Å². The summed E-state index contributed by atoms with van der Waals surface area (Å²) in [6, 6.07) is 0. The van der Waals surface area contributed by atoms with Crippen molar-refractivity contribution in [3.63, 3.8) is 0 Å². The molecule has 176 valence electrons. The third-order valence-corrected chi connectivity index (χ3v) is 4.24. The van der Waals surface area contributed by atoms with Gasteiger partial charge in [-0.3, -0.25) is 0 Å². The molecule has 0 amide bonds. The van der Waals surface area contributed by atoms with Crippen LogP contribution < -0.4 is 0 Å². The van der Waals surface area contributed by atoms with E-state index >= 15 is 0 Å². The molecule has 0 N–H and O–H groups in total. The summed E-state index contributed by atoms with van der Waals surface area (Å²) in [5, 5.41) is 0. The first-order chi connectivity index (χ1) is 14.3. The van der Waals surface area contributed by atoms with E-state index in [2.05, 4.69) is 19.7 Å². The number of hydrogen-bond donors (Lipinski definition) is 0. The van der Waals surface area contributed by atoms with Gasteiger partial charge < -0.3 is 18.7 Å². The number of hydrogen-bond acceptors (Lipinski definition) is 6. The molecule has 0 aromatic rings. The second kappa shape index (κ2) is 12.8. The number of alkyl halides is 5. The van der Waals surface area contributed by atoms with E-state index in [1.807, 2.05) is 0 Å². The minimum atomic E-state index is -5.76. The number of carbonyl (C=O) groups is 3. The van der Waals surface area contributed by atoms with E-state index in [0.29, 0.717) is 0 Å². The highest BCUT2D eigenvalue weighted by Gasteiger charge is 2.58.